The average Bonchev–Trinajstić information content (AvgIpc) is 2.36. The van der Waals surface area contributed by atoms with Gasteiger partial charge in [-0.15, -0.1) is 6.42 Å². The van der Waals surface area contributed by atoms with Crippen LogP contribution in [0.5, 0.6) is 0 Å². The van der Waals surface area contributed by atoms with Crippen LogP contribution in [-0.2, 0) is 16.0 Å². The molecule has 21 heavy (non-hydrogen) atoms. The Kier molecular flexibility index (Phi) is 5.67. The first-order valence-corrected chi connectivity index (χ1v) is 6.34. The van der Waals surface area contributed by atoms with E-state index in [4.69, 9.17) is 11.5 Å². The van der Waals surface area contributed by atoms with Gasteiger partial charge in [-0.25, -0.2) is 4.98 Å². The van der Waals surface area contributed by atoms with Crippen molar-refractivity contribution in [3.05, 3.63) is 27.4 Å². The molecule has 0 aromatic carbocycles. The topological polar surface area (TPSA) is 103 Å². The third kappa shape index (κ3) is 4.76. The van der Waals surface area contributed by atoms with Gasteiger partial charge in [0.1, 0.15) is 12.4 Å². The van der Waals surface area contributed by atoms with Gasteiger partial charge in [-0.1, -0.05) is 5.92 Å². The number of carbonyl (C=O) groups excluding carboxylic acids is 1. The molecule has 0 unspecified atom stereocenters. The largest absolute Gasteiger partial charge is 0.480 e. The van der Waals surface area contributed by atoms with Crippen LogP contribution in [0.4, 0.5) is 0 Å². The van der Waals surface area contributed by atoms with Crippen LogP contribution in [-0.4, -0.2) is 44.9 Å². The lowest BCUT2D eigenvalue weighted by Gasteiger charge is -2.17. The van der Waals surface area contributed by atoms with E-state index in [1.165, 1.54) is 0 Å². The molecule has 0 saturated heterocycles. The molecular weight excluding hydrogens is 274 g/mol. The summed E-state index contributed by atoms with van der Waals surface area (Å²) in [5, 5.41) is 8.74. The molecule has 0 aliphatic carbocycles. The number of aromatic nitrogens is 2. The van der Waals surface area contributed by atoms with Crippen LogP contribution in [0.3, 0.4) is 0 Å². The maximum Gasteiger partial charge on any atom is 0.323 e. The first kappa shape index (κ1) is 16.4. The zero-order valence-corrected chi connectivity index (χ0v) is 12.0. The third-order valence-electron chi connectivity index (χ3n) is 2.89. The van der Waals surface area contributed by atoms with Gasteiger partial charge < -0.3 is 15.0 Å². The van der Waals surface area contributed by atoms with Crippen molar-refractivity contribution in [1.82, 2.24) is 14.9 Å². The molecule has 1 aromatic heterocycles. The van der Waals surface area contributed by atoms with Gasteiger partial charge in [0.2, 0.25) is 5.91 Å². The number of aromatic amines is 1. The molecule has 0 radical (unpaired) electrons. The average molecular weight is 291 g/mol. The van der Waals surface area contributed by atoms with Crippen LogP contribution >= 0.6 is 0 Å². The Morgan fingerprint density at radius 1 is 1.43 bits per heavy atom. The highest BCUT2D eigenvalue weighted by Gasteiger charge is 2.17. The predicted octanol–water partition coefficient (Wildman–Crippen LogP) is -0.134. The number of terminal acetylenes is 1. The summed E-state index contributed by atoms with van der Waals surface area (Å²) in [6.45, 7) is 2.83. The zero-order valence-electron chi connectivity index (χ0n) is 12.0. The fourth-order valence-electron chi connectivity index (χ4n) is 1.94. The predicted molar refractivity (Wildman–Crippen MR) is 75.7 cm³/mol. The number of aryl methyl sites for hydroxylation is 2. The van der Waals surface area contributed by atoms with Crippen molar-refractivity contribution in [2.75, 3.05) is 13.1 Å². The van der Waals surface area contributed by atoms with Crippen molar-refractivity contribution in [2.24, 2.45) is 0 Å². The van der Waals surface area contributed by atoms with Gasteiger partial charge in [-0.2, -0.15) is 0 Å². The lowest BCUT2D eigenvalue weighted by Crippen LogP contribution is -2.36. The van der Waals surface area contributed by atoms with Crippen molar-refractivity contribution in [2.45, 2.75) is 26.7 Å². The SMILES string of the molecule is C#CCN(CC(=O)O)C(=O)CCc1c(C)nc(C)[nH]c1=O. The van der Waals surface area contributed by atoms with E-state index in [0.29, 0.717) is 17.1 Å². The van der Waals surface area contributed by atoms with Gasteiger partial charge in [0.05, 0.1) is 6.54 Å². The summed E-state index contributed by atoms with van der Waals surface area (Å²) < 4.78 is 0. The Hall–Kier alpha value is -2.62. The molecule has 2 N–H and O–H groups in total. The van der Waals surface area contributed by atoms with E-state index in [1.807, 2.05) is 0 Å². The van der Waals surface area contributed by atoms with Crippen LogP contribution < -0.4 is 5.56 Å². The molecule has 0 aliphatic rings. The van der Waals surface area contributed by atoms with Crippen LogP contribution in [0, 0.1) is 26.2 Å². The lowest BCUT2D eigenvalue weighted by atomic mass is 10.1. The number of aliphatic carboxylic acids is 1. The Morgan fingerprint density at radius 2 is 2.10 bits per heavy atom. The van der Waals surface area contributed by atoms with E-state index < -0.39 is 18.4 Å². The van der Waals surface area contributed by atoms with Gasteiger partial charge >= 0.3 is 5.97 Å². The number of hydrogen-bond donors (Lipinski definition) is 2. The van der Waals surface area contributed by atoms with E-state index in [-0.39, 0.29) is 24.9 Å². The third-order valence-corrected chi connectivity index (χ3v) is 2.89. The molecule has 1 amide bonds. The van der Waals surface area contributed by atoms with Crippen LogP contribution in [0.2, 0.25) is 0 Å². The molecule has 1 heterocycles. The summed E-state index contributed by atoms with van der Waals surface area (Å²) in [7, 11) is 0. The summed E-state index contributed by atoms with van der Waals surface area (Å²) in [5.41, 5.74) is 0.699. The summed E-state index contributed by atoms with van der Waals surface area (Å²) in [4.78, 5) is 42.2. The molecular formula is C14H17N3O4. The number of amides is 1. The minimum atomic E-state index is -1.13. The number of hydrogen-bond acceptors (Lipinski definition) is 4. The first-order valence-electron chi connectivity index (χ1n) is 6.34. The fraction of sp³-hybridized carbons (Fsp3) is 0.429. The Balaban J connectivity index is 2.78. The van der Waals surface area contributed by atoms with Crippen molar-refractivity contribution in [3.63, 3.8) is 0 Å². The Bertz CT molecular complexity index is 643. The second kappa shape index (κ2) is 7.24. The smallest absolute Gasteiger partial charge is 0.323 e. The lowest BCUT2D eigenvalue weighted by molar-refractivity contribution is -0.144. The van der Waals surface area contributed by atoms with Crippen LogP contribution in [0.1, 0.15) is 23.5 Å². The van der Waals surface area contributed by atoms with Crippen molar-refractivity contribution in [1.29, 1.82) is 0 Å². The molecule has 0 aliphatic heterocycles. The molecule has 0 bridgehead atoms. The monoisotopic (exact) mass is 291 g/mol. The maximum absolute atomic E-state index is 12.0. The number of carboxylic acids is 1. The number of nitrogens with zero attached hydrogens (tertiary/aromatic N) is 2. The maximum atomic E-state index is 12.0. The molecule has 7 nitrogen and oxygen atoms in total. The highest BCUT2D eigenvalue weighted by Crippen LogP contribution is 2.05. The molecule has 0 spiro atoms. The molecule has 0 atom stereocenters. The molecule has 0 fully saturated rings. The minimum Gasteiger partial charge on any atom is -0.480 e. The Morgan fingerprint density at radius 3 is 2.62 bits per heavy atom. The molecule has 0 saturated carbocycles. The van der Waals surface area contributed by atoms with E-state index in [2.05, 4.69) is 15.9 Å². The number of carbonyl (C=O) groups is 2. The fourth-order valence-corrected chi connectivity index (χ4v) is 1.94. The van der Waals surface area contributed by atoms with Crippen molar-refractivity contribution in [3.8, 4) is 12.3 Å². The zero-order chi connectivity index (χ0) is 16.0. The summed E-state index contributed by atoms with van der Waals surface area (Å²) in [6.07, 6.45) is 5.31. The van der Waals surface area contributed by atoms with E-state index in [0.717, 1.165) is 4.90 Å². The highest BCUT2D eigenvalue weighted by molar-refractivity contribution is 5.81. The quantitative estimate of drug-likeness (QED) is 0.710. The van der Waals surface area contributed by atoms with Crippen LogP contribution in [0.15, 0.2) is 4.79 Å². The first-order chi connectivity index (χ1) is 9.85. The van der Waals surface area contributed by atoms with Gasteiger partial charge in [-0.05, 0) is 20.3 Å². The van der Waals surface area contributed by atoms with Gasteiger partial charge in [0, 0.05) is 17.7 Å². The van der Waals surface area contributed by atoms with Crippen LogP contribution in [0.25, 0.3) is 0 Å². The van der Waals surface area contributed by atoms with Gasteiger partial charge in [0.25, 0.3) is 5.56 Å². The normalized spacial score (nSPS) is 9.95. The summed E-state index contributed by atoms with van der Waals surface area (Å²) in [5.74, 6) is 1.21. The summed E-state index contributed by atoms with van der Waals surface area (Å²) in [6, 6.07) is 0. The number of carboxylic acid groups (broad SMARTS) is 1. The Labute approximate surface area is 122 Å². The number of nitrogens with one attached hydrogen (secondary N) is 1. The standard InChI is InChI=1S/C14H17N3O4/c1-4-7-17(8-13(19)20)12(18)6-5-11-9(2)15-10(3)16-14(11)21/h1H,5-8H2,2-3H3,(H,19,20)(H,15,16,21). The highest BCUT2D eigenvalue weighted by atomic mass is 16.4. The van der Waals surface area contributed by atoms with Crippen molar-refractivity contribution < 1.29 is 14.7 Å². The van der Waals surface area contributed by atoms with E-state index >= 15 is 0 Å². The molecule has 112 valence electrons. The second-order valence-corrected chi connectivity index (χ2v) is 4.56. The number of rotatable bonds is 6. The van der Waals surface area contributed by atoms with E-state index in [1.54, 1.807) is 13.8 Å². The van der Waals surface area contributed by atoms with Gasteiger partial charge in [0.15, 0.2) is 0 Å². The summed E-state index contributed by atoms with van der Waals surface area (Å²) >= 11 is 0. The second-order valence-electron chi connectivity index (χ2n) is 4.56. The van der Waals surface area contributed by atoms with Gasteiger partial charge in [-0.3, -0.25) is 14.4 Å². The molecule has 1 rings (SSSR count). The molecule has 7 heteroatoms. The molecule has 1 aromatic rings. The number of H-pyrrole nitrogens is 1. The van der Waals surface area contributed by atoms with Crippen molar-refractivity contribution >= 4 is 11.9 Å². The minimum absolute atomic E-state index is 0.00359. The van der Waals surface area contributed by atoms with E-state index in [9.17, 15) is 14.4 Å².